The molecule has 0 amide bonds. The van der Waals surface area contributed by atoms with Gasteiger partial charge in [-0.3, -0.25) is 4.90 Å². The molecule has 1 fully saturated rings. The second kappa shape index (κ2) is 7.86. The first-order valence-electron chi connectivity index (χ1n) is 6.90. The lowest BCUT2D eigenvalue weighted by molar-refractivity contribution is 0.133. The quantitative estimate of drug-likeness (QED) is 0.698. The van der Waals surface area contributed by atoms with E-state index in [1.165, 1.54) is 38.8 Å². The SMILES string of the molecule is C/C=C/CN1CC(CCC)NCC1CCC. The molecule has 0 aromatic heterocycles. The molecule has 0 spiro atoms. The highest BCUT2D eigenvalue weighted by Gasteiger charge is 2.25. The topological polar surface area (TPSA) is 15.3 Å². The Labute approximate surface area is 101 Å². The van der Waals surface area contributed by atoms with Gasteiger partial charge in [0.05, 0.1) is 0 Å². The van der Waals surface area contributed by atoms with E-state index in [1.54, 1.807) is 0 Å². The molecule has 16 heavy (non-hydrogen) atoms. The summed E-state index contributed by atoms with van der Waals surface area (Å²) in [5.41, 5.74) is 0. The van der Waals surface area contributed by atoms with E-state index in [-0.39, 0.29) is 0 Å². The summed E-state index contributed by atoms with van der Waals surface area (Å²) in [6, 6.07) is 1.46. The molecule has 1 rings (SSSR count). The van der Waals surface area contributed by atoms with Crippen LogP contribution in [0.25, 0.3) is 0 Å². The Balaban J connectivity index is 2.47. The lowest BCUT2D eigenvalue weighted by atomic mass is 10.0. The van der Waals surface area contributed by atoms with Crippen LogP contribution in [0.4, 0.5) is 0 Å². The van der Waals surface area contributed by atoms with Crippen LogP contribution in [0.15, 0.2) is 12.2 Å². The number of allylic oxidation sites excluding steroid dienone is 1. The Morgan fingerprint density at radius 1 is 1.25 bits per heavy atom. The Morgan fingerprint density at radius 2 is 2.00 bits per heavy atom. The van der Waals surface area contributed by atoms with Gasteiger partial charge in [0.15, 0.2) is 0 Å². The second-order valence-corrected chi connectivity index (χ2v) is 4.86. The van der Waals surface area contributed by atoms with E-state index in [9.17, 15) is 0 Å². The fourth-order valence-electron chi connectivity index (χ4n) is 2.55. The Morgan fingerprint density at radius 3 is 2.62 bits per heavy atom. The van der Waals surface area contributed by atoms with Gasteiger partial charge in [-0.2, -0.15) is 0 Å². The third kappa shape index (κ3) is 4.26. The molecule has 1 aliphatic rings. The minimum atomic E-state index is 0.711. The van der Waals surface area contributed by atoms with Crippen molar-refractivity contribution in [2.24, 2.45) is 0 Å². The van der Waals surface area contributed by atoms with Gasteiger partial charge in [-0.05, 0) is 19.8 Å². The molecule has 0 aromatic rings. The van der Waals surface area contributed by atoms with Crippen LogP contribution >= 0.6 is 0 Å². The molecule has 94 valence electrons. The van der Waals surface area contributed by atoms with E-state index in [0.29, 0.717) is 6.04 Å². The number of nitrogens with one attached hydrogen (secondary N) is 1. The molecule has 0 aliphatic carbocycles. The van der Waals surface area contributed by atoms with Crippen molar-refractivity contribution in [1.82, 2.24) is 10.2 Å². The van der Waals surface area contributed by atoms with Gasteiger partial charge >= 0.3 is 0 Å². The summed E-state index contributed by atoms with van der Waals surface area (Å²) in [6.07, 6.45) is 9.66. The molecule has 2 nitrogen and oxygen atoms in total. The summed E-state index contributed by atoms with van der Waals surface area (Å²) in [7, 11) is 0. The maximum absolute atomic E-state index is 3.70. The number of rotatable bonds is 6. The van der Waals surface area contributed by atoms with Crippen LogP contribution in [0, 0.1) is 0 Å². The molecule has 1 heterocycles. The van der Waals surface area contributed by atoms with E-state index in [0.717, 1.165) is 12.6 Å². The molecule has 0 radical (unpaired) electrons. The summed E-state index contributed by atoms with van der Waals surface area (Å²) >= 11 is 0. The molecule has 2 atom stereocenters. The molecule has 0 aromatic carbocycles. The van der Waals surface area contributed by atoms with E-state index in [2.05, 4.69) is 43.1 Å². The normalized spacial score (nSPS) is 27.7. The lowest BCUT2D eigenvalue weighted by Crippen LogP contribution is -2.56. The molecule has 2 heteroatoms. The fraction of sp³-hybridized carbons (Fsp3) is 0.857. The van der Waals surface area contributed by atoms with Crippen molar-refractivity contribution in [3.63, 3.8) is 0 Å². The van der Waals surface area contributed by atoms with Crippen molar-refractivity contribution >= 4 is 0 Å². The van der Waals surface area contributed by atoms with Crippen LogP contribution in [-0.4, -0.2) is 36.6 Å². The van der Waals surface area contributed by atoms with Crippen molar-refractivity contribution in [2.45, 2.75) is 58.5 Å². The molecule has 2 unspecified atom stereocenters. The van der Waals surface area contributed by atoms with Gasteiger partial charge in [-0.15, -0.1) is 0 Å². The number of hydrogen-bond donors (Lipinski definition) is 1. The molecule has 0 bridgehead atoms. The summed E-state index contributed by atoms with van der Waals surface area (Å²) in [6.45, 7) is 10.2. The van der Waals surface area contributed by atoms with Crippen LogP contribution in [0.1, 0.15) is 46.5 Å². The highest BCUT2D eigenvalue weighted by Crippen LogP contribution is 2.14. The van der Waals surface area contributed by atoms with E-state index in [1.807, 2.05) is 0 Å². The molecular formula is C14H28N2. The van der Waals surface area contributed by atoms with Crippen LogP contribution in [-0.2, 0) is 0 Å². The summed E-state index contributed by atoms with van der Waals surface area (Å²) in [4.78, 5) is 2.65. The van der Waals surface area contributed by atoms with Gasteiger partial charge in [-0.25, -0.2) is 0 Å². The molecule has 1 saturated heterocycles. The van der Waals surface area contributed by atoms with Crippen molar-refractivity contribution in [2.75, 3.05) is 19.6 Å². The molecular weight excluding hydrogens is 196 g/mol. The zero-order valence-corrected chi connectivity index (χ0v) is 11.2. The monoisotopic (exact) mass is 224 g/mol. The van der Waals surface area contributed by atoms with Crippen molar-refractivity contribution in [1.29, 1.82) is 0 Å². The molecule has 1 N–H and O–H groups in total. The largest absolute Gasteiger partial charge is 0.311 e. The van der Waals surface area contributed by atoms with Gasteiger partial charge in [0.25, 0.3) is 0 Å². The second-order valence-electron chi connectivity index (χ2n) is 4.86. The summed E-state index contributed by atoms with van der Waals surface area (Å²) in [5, 5.41) is 3.70. The van der Waals surface area contributed by atoms with Crippen molar-refractivity contribution < 1.29 is 0 Å². The van der Waals surface area contributed by atoms with Crippen LogP contribution < -0.4 is 5.32 Å². The number of hydrogen-bond acceptors (Lipinski definition) is 2. The average molecular weight is 224 g/mol. The van der Waals surface area contributed by atoms with Gasteiger partial charge < -0.3 is 5.32 Å². The third-order valence-corrected chi connectivity index (χ3v) is 3.45. The molecule has 1 aliphatic heterocycles. The predicted molar refractivity (Wildman–Crippen MR) is 71.8 cm³/mol. The van der Waals surface area contributed by atoms with Crippen LogP contribution in [0.3, 0.4) is 0 Å². The maximum Gasteiger partial charge on any atom is 0.0224 e. The third-order valence-electron chi connectivity index (χ3n) is 3.45. The van der Waals surface area contributed by atoms with Gasteiger partial charge in [0, 0.05) is 31.7 Å². The predicted octanol–water partition coefficient (Wildman–Crippen LogP) is 2.81. The minimum absolute atomic E-state index is 0.711. The Kier molecular flexibility index (Phi) is 6.74. The standard InChI is InChI=1S/C14H28N2/c1-4-7-10-16-12-13(8-5-2)15-11-14(16)9-6-3/h4,7,13-15H,5-6,8-12H2,1-3H3/b7-4+. The van der Waals surface area contributed by atoms with Gasteiger partial charge in [0.1, 0.15) is 0 Å². The van der Waals surface area contributed by atoms with Gasteiger partial charge in [-0.1, -0.05) is 38.8 Å². The Hall–Kier alpha value is -0.340. The van der Waals surface area contributed by atoms with E-state index in [4.69, 9.17) is 0 Å². The first-order valence-corrected chi connectivity index (χ1v) is 6.90. The highest BCUT2D eigenvalue weighted by atomic mass is 15.2. The zero-order chi connectivity index (χ0) is 11.8. The fourth-order valence-corrected chi connectivity index (χ4v) is 2.55. The number of nitrogens with zero attached hydrogens (tertiary/aromatic N) is 1. The van der Waals surface area contributed by atoms with Crippen LogP contribution in [0.5, 0.6) is 0 Å². The van der Waals surface area contributed by atoms with E-state index < -0.39 is 0 Å². The molecule has 0 saturated carbocycles. The average Bonchev–Trinajstić information content (AvgIpc) is 2.30. The van der Waals surface area contributed by atoms with Crippen molar-refractivity contribution in [3.8, 4) is 0 Å². The van der Waals surface area contributed by atoms with Crippen molar-refractivity contribution in [3.05, 3.63) is 12.2 Å². The number of piperazine rings is 1. The maximum atomic E-state index is 3.70. The van der Waals surface area contributed by atoms with Gasteiger partial charge in [0.2, 0.25) is 0 Å². The van der Waals surface area contributed by atoms with E-state index >= 15 is 0 Å². The Bertz CT molecular complexity index is 201. The summed E-state index contributed by atoms with van der Waals surface area (Å²) in [5.74, 6) is 0. The van der Waals surface area contributed by atoms with Crippen LogP contribution in [0.2, 0.25) is 0 Å². The first kappa shape index (κ1) is 13.7. The highest BCUT2D eigenvalue weighted by molar-refractivity contribution is 4.90. The zero-order valence-electron chi connectivity index (χ0n) is 11.2. The smallest absolute Gasteiger partial charge is 0.0224 e. The lowest BCUT2D eigenvalue weighted by Gasteiger charge is -2.40. The summed E-state index contributed by atoms with van der Waals surface area (Å²) < 4.78 is 0. The minimum Gasteiger partial charge on any atom is -0.311 e. The first-order chi connectivity index (χ1) is 7.81.